The lowest BCUT2D eigenvalue weighted by molar-refractivity contribution is -0.182. The van der Waals surface area contributed by atoms with Crippen molar-refractivity contribution >= 4 is 11.9 Å². The van der Waals surface area contributed by atoms with Gasteiger partial charge in [-0.25, -0.2) is 4.79 Å². The maximum atomic E-state index is 11.7. The van der Waals surface area contributed by atoms with Crippen LogP contribution in [-0.2, 0) is 14.3 Å². The van der Waals surface area contributed by atoms with Gasteiger partial charge in [-0.05, 0) is 12.8 Å². The Morgan fingerprint density at radius 3 is 2.37 bits per heavy atom. The summed E-state index contributed by atoms with van der Waals surface area (Å²) in [4.78, 5) is 22.3. The molecule has 1 aliphatic rings. The molecule has 1 aliphatic carbocycles. The molecule has 1 amide bonds. The molecule has 1 N–H and O–H groups in total. The number of hydrogen-bond acceptors (Lipinski definition) is 3. The van der Waals surface area contributed by atoms with E-state index in [0.717, 1.165) is 38.2 Å². The molecule has 1 fully saturated rings. The minimum atomic E-state index is -4.56. The van der Waals surface area contributed by atoms with Gasteiger partial charge in [0.15, 0.2) is 6.61 Å². The molecule has 0 aromatic rings. The van der Waals surface area contributed by atoms with Crippen LogP contribution < -0.4 is 5.32 Å². The highest BCUT2D eigenvalue weighted by atomic mass is 19.4. The van der Waals surface area contributed by atoms with Crippen molar-refractivity contribution in [3.63, 3.8) is 0 Å². The third-order valence-corrected chi connectivity index (χ3v) is 2.70. The second-order valence-electron chi connectivity index (χ2n) is 4.40. The highest BCUT2D eigenvalue weighted by Crippen LogP contribution is 2.17. The first-order chi connectivity index (χ1) is 8.87. The van der Waals surface area contributed by atoms with Crippen LogP contribution in [-0.4, -0.2) is 30.7 Å². The smallest absolute Gasteiger partial charge is 0.422 e. The first-order valence-electron chi connectivity index (χ1n) is 6.09. The van der Waals surface area contributed by atoms with E-state index in [0.29, 0.717) is 6.08 Å². The molecule has 0 heterocycles. The SMILES string of the molecule is O=C(/C=C/C(=O)OCC(F)(F)F)NC1CCCCC1. The fourth-order valence-corrected chi connectivity index (χ4v) is 1.84. The molecule has 0 unspecified atom stereocenters. The molecule has 0 atom stereocenters. The largest absolute Gasteiger partial charge is 0.453 e. The average Bonchev–Trinajstić information content (AvgIpc) is 2.34. The number of nitrogens with one attached hydrogen (secondary N) is 1. The second-order valence-corrected chi connectivity index (χ2v) is 4.40. The highest BCUT2D eigenvalue weighted by molar-refractivity contribution is 5.94. The molecule has 0 aromatic carbocycles. The molecule has 0 saturated heterocycles. The lowest BCUT2D eigenvalue weighted by Crippen LogP contribution is -2.35. The van der Waals surface area contributed by atoms with Crippen molar-refractivity contribution in [3.8, 4) is 0 Å². The minimum Gasteiger partial charge on any atom is -0.453 e. The highest BCUT2D eigenvalue weighted by Gasteiger charge is 2.29. The molecular formula is C12H16F3NO3. The van der Waals surface area contributed by atoms with Crippen molar-refractivity contribution in [3.05, 3.63) is 12.2 Å². The zero-order valence-electron chi connectivity index (χ0n) is 10.3. The van der Waals surface area contributed by atoms with Crippen molar-refractivity contribution in [1.82, 2.24) is 5.32 Å². The Bertz CT molecular complexity index is 347. The zero-order chi connectivity index (χ0) is 14.3. The number of hydrogen-bond donors (Lipinski definition) is 1. The molecule has 4 nitrogen and oxygen atoms in total. The number of amides is 1. The molecule has 0 radical (unpaired) electrons. The molecule has 0 bridgehead atoms. The van der Waals surface area contributed by atoms with Crippen molar-refractivity contribution in [2.45, 2.75) is 44.3 Å². The van der Waals surface area contributed by atoms with E-state index in [1.807, 2.05) is 0 Å². The monoisotopic (exact) mass is 279 g/mol. The van der Waals surface area contributed by atoms with Gasteiger partial charge in [0.2, 0.25) is 5.91 Å². The number of halogens is 3. The zero-order valence-corrected chi connectivity index (χ0v) is 10.3. The minimum absolute atomic E-state index is 0.0806. The third kappa shape index (κ3) is 7.48. The van der Waals surface area contributed by atoms with Gasteiger partial charge in [-0.1, -0.05) is 19.3 Å². The van der Waals surface area contributed by atoms with Crippen LogP contribution in [0.4, 0.5) is 13.2 Å². The number of carbonyl (C=O) groups excluding carboxylic acids is 2. The number of alkyl halides is 3. The summed E-state index contributed by atoms with van der Waals surface area (Å²) in [6.45, 7) is -1.65. The van der Waals surface area contributed by atoms with Crippen LogP contribution >= 0.6 is 0 Å². The average molecular weight is 279 g/mol. The maximum Gasteiger partial charge on any atom is 0.422 e. The van der Waals surface area contributed by atoms with Crippen molar-refractivity contribution < 1.29 is 27.5 Å². The normalized spacial score (nSPS) is 17.4. The second kappa shape index (κ2) is 7.16. The Labute approximate surface area is 109 Å². The molecule has 1 saturated carbocycles. The molecule has 7 heteroatoms. The quantitative estimate of drug-likeness (QED) is 0.633. The lowest BCUT2D eigenvalue weighted by Gasteiger charge is -2.21. The van der Waals surface area contributed by atoms with E-state index in [9.17, 15) is 22.8 Å². The van der Waals surface area contributed by atoms with Gasteiger partial charge in [-0.3, -0.25) is 4.79 Å². The molecule has 0 aromatic heterocycles. The van der Waals surface area contributed by atoms with Crippen molar-refractivity contribution in [2.24, 2.45) is 0 Å². The fraction of sp³-hybridized carbons (Fsp3) is 0.667. The number of esters is 1. The first kappa shape index (κ1) is 15.5. The third-order valence-electron chi connectivity index (χ3n) is 2.70. The first-order valence-corrected chi connectivity index (χ1v) is 6.09. The Kier molecular flexibility index (Phi) is 5.85. The van der Waals surface area contributed by atoms with Gasteiger partial charge >= 0.3 is 12.1 Å². The van der Waals surface area contributed by atoms with E-state index in [1.165, 1.54) is 0 Å². The number of ether oxygens (including phenoxy) is 1. The van der Waals surface area contributed by atoms with E-state index in [2.05, 4.69) is 10.1 Å². The van der Waals surface area contributed by atoms with Gasteiger partial charge < -0.3 is 10.1 Å². The topological polar surface area (TPSA) is 55.4 Å². The fourth-order valence-electron chi connectivity index (χ4n) is 1.84. The summed E-state index contributed by atoms with van der Waals surface area (Å²) in [5, 5.41) is 2.69. The molecule has 108 valence electrons. The van der Waals surface area contributed by atoms with Crippen LogP contribution in [0.2, 0.25) is 0 Å². The molecule has 1 rings (SSSR count). The van der Waals surface area contributed by atoms with Gasteiger partial charge in [-0.15, -0.1) is 0 Å². The number of carbonyl (C=O) groups is 2. The summed E-state index contributed by atoms with van der Waals surface area (Å²) >= 11 is 0. The van der Waals surface area contributed by atoms with E-state index >= 15 is 0 Å². The van der Waals surface area contributed by atoms with Crippen molar-refractivity contribution in [2.75, 3.05) is 6.61 Å². The van der Waals surface area contributed by atoms with Gasteiger partial charge in [0.05, 0.1) is 0 Å². The van der Waals surface area contributed by atoms with E-state index < -0.39 is 24.7 Å². The Hall–Kier alpha value is -1.53. The summed E-state index contributed by atoms with van der Waals surface area (Å²) in [5.74, 6) is -1.67. The van der Waals surface area contributed by atoms with Crippen molar-refractivity contribution in [1.29, 1.82) is 0 Å². The maximum absolute atomic E-state index is 11.7. The summed E-state index contributed by atoms with van der Waals surface area (Å²) in [6.07, 6.45) is 2.04. The molecule has 0 spiro atoms. The van der Waals surface area contributed by atoms with Gasteiger partial charge in [0.1, 0.15) is 0 Å². The molecule has 19 heavy (non-hydrogen) atoms. The van der Waals surface area contributed by atoms with E-state index in [4.69, 9.17) is 0 Å². The van der Waals surface area contributed by atoms with E-state index in [1.54, 1.807) is 0 Å². The standard InChI is InChI=1S/C12H16F3NO3/c13-12(14,15)8-19-11(18)7-6-10(17)16-9-4-2-1-3-5-9/h6-7,9H,1-5,8H2,(H,16,17)/b7-6+. The summed E-state index contributed by atoms with van der Waals surface area (Å²) in [6, 6.07) is 0.0806. The Balaban J connectivity index is 2.26. The van der Waals surface area contributed by atoms with Crippen LogP contribution in [0.15, 0.2) is 12.2 Å². The summed E-state index contributed by atoms with van der Waals surface area (Å²) < 4.78 is 39.1. The van der Waals surface area contributed by atoms with Gasteiger partial charge in [-0.2, -0.15) is 13.2 Å². The predicted octanol–water partition coefficient (Wildman–Crippen LogP) is 2.10. The van der Waals surface area contributed by atoms with Gasteiger partial charge in [0, 0.05) is 18.2 Å². The van der Waals surface area contributed by atoms with Crippen LogP contribution in [0, 0.1) is 0 Å². The van der Waals surface area contributed by atoms with Crippen LogP contribution in [0.3, 0.4) is 0 Å². The van der Waals surface area contributed by atoms with E-state index in [-0.39, 0.29) is 6.04 Å². The molecular weight excluding hydrogens is 263 g/mol. The van der Waals surface area contributed by atoms with Crippen LogP contribution in [0.1, 0.15) is 32.1 Å². The Morgan fingerprint density at radius 1 is 1.16 bits per heavy atom. The predicted molar refractivity (Wildman–Crippen MR) is 61.2 cm³/mol. The summed E-state index contributed by atoms with van der Waals surface area (Å²) in [7, 11) is 0. The Morgan fingerprint density at radius 2 is 1.79 bits per heavy atom. The molecule has 0 aliphatic heterocycles. The van der Waals surface area contributed by atoms with Crippen LogP contribution in [0.5, 0.6) is 0 Å². The van der Waals surface area contributed by atoms with Crippen LogP contribution in [0.25, 0.3) is 0 Å². The number of rotatable bonds is 4. The van der Waals surface area contributed by atoms with Gasteiger partial charge in [0.25, 0.3) is 0 Å². The lowest BCUT2D eigenvalue weighted by atomic mass is 9.95. The summed E-state index contributed by atoms with van der Waals surface area (Å²) in [5.41, 5.74) is 0.